The first-order chi connectivity index (χ1) is 13.6. The maximum absolute atomic E-state index is 13.6. The van der Waals surface area contributed by atoms with E-state index in [0.29, 0.717) is 23.6 Å². The summed E-state index contributed by atoms with van der Waals surface area (Å²) >= 11 is 0. The highest BCUT2D eigenvalue weighted by molar-refractivity contribution is 7.67. The molecule has 0 aromatic heterocycles. The van der Waals surface area contributed by atoms with Gasteiger partial charge in [0.25, 0.3) is 7.37 Å². The second-order valence-electron chi connectivity index (χ2n) is 7.35. The third kappa shape index (κ3) is 4.67. The lowest BCUT2D eigenvalue weighted by Crippen LogP contribution is -2.22. The fourth-order valence-corrected chi connectivity index (χ4v) is 5.82. The topological polar surface area (TPSA) is 52.6 Å². The summed E-state index contributed by atoms with van der Waals surface area (Å²) in [6.07, 6.45) is 4.62. The third-order valence-electron chi connectivity index (χ3n) is 5.33. The molecule has 2 atom stereocenters. The molecule has 0 spiro atoms. The molecular formula is C23H29O4P. The highest BCUT2D eigenvalue weighted by Gasteiger charge is 2.36. The molecule has 0 amide bonds. The van der Waals surface area contributed by atoms with Crippen molar-refractivity contribution in [1.82, 2.24) is 0 Å². The summed E-state index contributed by atoms with van der Waals surface area (Å²) < 4.78 is 25.0. The third-order valence-corrected chi connectivity index (χ3v) is 7.76. The summed E-state index contributed by atoms with van der Waals surface area (Å²) in [5, 5.41) is 0.691. The molecule has 28 heavy (non-hydrogen) atoms. The van der Waals surface area contributed by atoms with Crippen LogP contribution >= 0.6 is 7.37 Å². The van der Waals surface area contributed by atoms with Gasteiger partial charge in [-0.3, -0.25) is 9.36 Å². The predicted molar refractivity (Wildman–Crippen MR) is 113 cm³/mol. The minimum atomic E-state index is -3.16. The summed E-state index contributed by atoms with van der Waals surface area (Å²) in [4.78, 5) is 12.3. The van der Waals surface area contributed by atoms with Gasteiger partial charge in [0.1, 0.15) is 5.75 Å². The summed E-state index contributed by atoms with van der Waals surface area (Å²) in [6.45, 7) is 4.73. The molecule has 150 valence electrons. The number of hydrogen-bond acceptors (Lipinski definition) is 4. The number of para-hydroxylation sites is 1. The highest BCUT2D eigenvalue weighted by atomic mass is 31.2. The number of carbonyl (C=O) groups excluding carboxylic acids is 1. The zero-order chi connectivity index (χ0) is 20.0. The minimum absolute atomic E-state index is 0.0952. The second-order valence-corrected chi connectivity index (χ2v) is 9.81. The number of ether oxygens (including phenoxy) is 1. The highest BCUT2D eigenvalue weighted by Crippen LogP contribution is 2.54. The molecule has 3 rings (SSSR count). The summed E-state index contributed by atoms with van der Waals surface area (Å²) in [6, 6.07) is 15.2. The largest absolute Gasteiger partial charge is 0.465 e. The van der Waals surface area contributed by atoms with Gasteiger partial charge < -0.3 is 9.26 Å². The Morgan fingerprint density at radius 3 is 2.54 bits per heavy atom. The first-order valence-corrected chi connectivity index (χ1v) is 12.0. The molecule has 0 aliphatic carbocycles. The summed E-state index contributed by atoms with van der Waals surface area (Å²) in [7, 11) is -3.16. The van der Waals surface area contributed by atoms with Crippen LogP contribution in [0.3, 0.4) is 0 Å². The van der Waals surface area contributed by atoms with Crippen molar-refractivity contribution in [1.29, 1.82) is 0 Å². The van der Waals surface area contributed by atoms with E-state index in [2.05, 4.69) is 13.8 Å². The number of benzene rings is 2. The van der Waals surface area contributed by atoms with E-state index in [1.165, 1.54) is 0 Å². The molecule has 2 aromatic rings. The van der Waals surface area contributed by atoms with Crippen LogP contribution in [0.25, 0.3) is 11.1 Å². The first-order valence-electron chi connectivity index (χ1n) is 10.2. The lowest BCUT2D eigenvalue weighted by molar-refractivity contribution is -0.144. The van der Waals surface area contributed by atoms with Gasteiger partial charge in [-0.05, 0) is 30.0 Å². The summed E-state index contributed by atoms with van der Waals surface area (Å²) in [5.74, 6) is 0.715. The van der Waals surface area contributed by atoms with Crippen molar-refractivity contribution >= 4 is 18.6 Å². The molecule has 0 radical (unpaired) electrons. The van der Waals surface area contributed by atoms with Gasteiger partial charge in [-0.15, -0.1) is 0 Å². The lowest BCUT2D eigenvalue weighted by Gasteiger charge is -2.28. The van der Waals surface area contributed by atoms with E-state index >= 15 is 0 Å². The Balaban J connectivity index is 1.66. The Kier molecular flexibility index (Phi) is 6.96. The van der Waals surface area contributed by atoms with Gasteiger partial charge in [0.05, 0.1) is 18.3 Å². The van der Waals surface area contributed by atoms with Crippen LogP contribution in [-0.2, 0) is 14.1 Å². The average Bonchev–Trinajstić information content (AvgIpc) is 2.73. The Morgan fingerprint density at radius 1 is 1.07 bits per heavy atom. The van der Waals surface area contributed by atoms with Crippen molar-refractivity contribution in [2.24, 2.45) is 5.92 Å². The first kappa shape index (κ1) is 20.7. The van der Waals surface area contributed by atoms with Crippen LogP contribution in [0.4, 0.5) is 0 Å². The maximum atomic E-state index is 13.6. The fourth-order valence-electron chi connectivity index (χ4n) is 3.56. The van der Waals surface area contributed by atoms with Crippen LogP contribution in [-0.4, -0.2) is 18.7 Å². The van der Waals surface area contributed by atoms with E-state index in [-0.39, 0.29) is 18.6 Å². The average molecular weight is 400 g/mol. The van der Waals surface area contributed by atoms with E-state index in [0.717, 1.165) is 36.8 Å². The van der Waals surface area contributed by atoms with E-state index in [1.807, 2.05) is 48.5 Å². The van der Waals surface area contributed by atoms with E-state index in [1.54, 1.807) is 0 Å². The molecule has 2 unspecified atom stereocenters. The molecule has 2 aromatic carbocycles. The Bertz CT molecular complexity index is 861. The van der Waals surface area contributed by atoms with Gasteiger partial charge in [0.15, 0.2) is 0 Å². The van der Waals surface area contributed by atoms with Crippen LogP contribution in [0.1, 0.15) is 46.0 Å². The number of carbonyl (C=O) groups is 1. The predicted octanol–water partition coefficient (Wildman–Crippen LogP) is 5.80. The monoisotopic (exact) mass is 400 g/mol. The SMILES string of the molecule is CCCCC(CC)COC(=O)CCP1(=O)Oc2ccccc2-c2ccccc21. The van der Waals surface area contributed by atoms with Crippen molar-refractivity contribution in [3.05, 3.63) is 48.5 Å². The number of rotatable bonds is 9. The fraction of sp³-hybridized carbons (Fsp3) is 0.435. The van der Waals surface area contributed by atoms with Crippen LogP contribution in [0, 0.1) is 5.92 Å². The number of unbranched alkanes of at least 4 members (excludes halogenated alkanes) is 1. The van der Waals surface area contributed by atoms with Gasteiger partial charge in [0.2, 0.25) is 0 Å². The zero-order valence-electron chi connectivity index (χ0n) is 16.7. The molecule has 4 nitrogen and oxygen atoms in total. The lowest BCUT2D eigenvalue weighted by atomic mass is 10.0. The van der Waals surface area contributed by atoms with Crippen molar-refractivity contribution < 1.29 is 18.6 Å². The van der Waals surface area contributed by atoms with Gasteiger partial charge >= 0.3 is 5.97 Å². The molecule has 0 N–H and O–H groups in total. The van der Waals surface area contributed by atoms with E-state index in [4.69, 9.17) is 9.26 Å². The van der Waals surface area contributed by atoms with Crippen molar-refractivity contribution in [3.63, 3.8) is 0 Å². The number of hydrogen-bond donors (Lipinski definition) is 0. The summed E-state index contributed by atoms with van der Waals surface area (Å²) in [5.41, 5.74) is 1.86. The zero-order valence-corrected chi connectivity index (χ0v) is 17.6. The molecule has 0 fully saturated rings. The molecule has 1 aliphatic heterocycles. The smallest absolute Gasteiger partial charge is 0.306 e. The Labute approximate surface area is 167 Å². The standard InChI is InChI=1S/C23H29O4P/c1-3-5-10-18(4-2)17-26-23(24)15-16-28(25)22-14-9-7-12-20(22)19-11-6-8-13-21(19)27-28/h6-9,11-14,18H,3-5,10,15-17H2,1-2H3. The second kappa shape index (κ2) is 9.43. The minimum Gasteiger partial charge on any atom is -0.465 e. The van der Waals surface area contributed by atoms with Crippen LogP contribution in [0.15, 0.2) is 48.5 Å². The molecule has 0 saturated carbocycles. The Morgan fingerprint density at radius 2 is 1.79 bits per heavy atom. The molecule has 1 aliphatic rings. The molecule has 5 heteroatoms. The maximum Gasteiger partial charge on any atom is 0.306 e. The van der Waals surface area contributed by atoms with Crippen molar-refractivity contribution in [3.8, 4) is 16.9 Å². The van der Waals surface area contributed by atoms with E-state index in [9.17, 15) is 9.36 Å². The molecule has 0 saturated heterocycles. The van der Waals surface area contributed by atoms with Crippen LogP contribution < -0.4 is 9.83 Å². The number of fused-ring (bicyclic) bond motifs is 3. The number of esters is 1. The quantitative estimate of drug-likeness (QED) is 0.394. The van der Waals surface area contributed by atoms with Crippen LogP contribution in [0.5, 0.6) is 5.75 Å². The van der Waals surface area contributed by atoms with Gasteiger partial charge in [-0.2, -0.15) is 0 Å². The normalized spacial score (nSPS) is 18.5. The van der Waals surface area contributed by atoms with Gasteiger partial charge in [-0.1, -0.05) is 69.5 Å². The molecular weight excluding hydrogens is 371 g/mol. The molecule has 1 heterocycles. The Hall–Kier alpha value is -2.06. The van der Waals surface area contributed by atoms with Crippen molar-refractivity contribution in [2.45, 2.75) is 46.0 Å². The van der Waals surface area contributed by atoms with Crippen molar-refractivity contribution in [2.75, 3.05) is 12.8 Å². The van der Waals surface area contributed by atoms with Crippen LogP contribution in [0.2, 0.25) is 0 Å². The van der Waals surface area contributed by atoms with E-state index < -0.39 is 7.37 Å². The van der Waals surface area contributed by atoms with Gasteiger partial charge in [0, 0.05) is 11.7 Å². The van der Waals surface area contributed by atoms with Gasteiger partial charge in [-0.25, -0.2) is 0 Å². The molecule has 0 bridgehead atoms.